The van der Waals surface area contributed by atoms with Crippen LogP contribution in [0.3, 0.4) is 0 Å². The summed E-state index contributed by atoms with van der Waals surface area (Å²) in [6.07, 6.45) is -0.376. The molecule has 104 valence electrons. The van der Waals surface area contributed by atoms with Crippen molar-refractivity contribution in [1.82, 2.24) is 0 Å². The van der Waals surface area contributed by atoms with E-state index in [1.807, 2.05) is 0 Å². The molecular formula is C9H21O7P. The summed E-state index contributed by atoms with van der Waals surface area (Å²) in [6, 6.07) is 0. The van der Waals surface area contributed by atoms with Gasteiger partial charge in [-0.25, -0.2) is 4.57 Å². The lowest BCUT2D eigenvalue weighted by Crippen LogP contribution is -2.11. The van der Waals surface area contributed by atoms with E-state index in [9.17, 15) is 4.57 Å². The van der Waals surface area contributed by atoms with Crippen LogP contribution in [0.1, 0.15) is 13.8 Å². The predicted molar refractivity (Wildman–Crippen MR) is 60.7 cm³/mol. The quantitative estimate of drug-likeness (QED) is 0.419. The molecule has 17 heavy (non-hydrogen) atoms. The van der Waals surface area contributed by atoms with E-state index in [0.717, 1.165) is 0 Å². The number of ether oxygens (including phenoxy) is 2. The van der Waals surface area contributed by atoms with E-state index in [0.29, 0.717) is 13.2 Å². The molecule has 0 spiro atoms. The second-order valence-corrected chi connectivity index (χ2v) is 4.81. The van der Waals surface area contributed by atoms with Crippen LogP contribution in [0.2, 0.25) is 0 Å². The topological polar surface area (TPSA) is 94.5 Å². The van der Waals surface area contributed by atoms with Crippen molar-refractivity contribution in [2.45, 2.75) is 20.0 Å². The van der Waals surface area contributed by atoms with E-state index in [1.165, 1.54) is 0 Å². The van der Waals surface area contributed by atoms with Gasteiger partial charge in [-0.05, 0) is 13.8 Å². The molecule has 0 fully saturated rings. The van der Waals surface area contributed by atoms with E-state index >= 15 is 0 Å². The van der Waals surface area contributed by atoms with Crippen molar-refractivity contribution in [2.24, 2.45) is 0 Å². The molecule has 0 aliphatic carbocycles. The highest BCUT2D eigenvalue weighted by Crippen LogP contribution is 2.44. The van der Waals surface area contributed by atoms with Crippen LogP contribution in [0.5, 0.6) is 0 Å². The highest BCUT2D eigenvalue weighted by molar-refractivity contribution is 7.47. The number of rotatable bonds is 11. The van der Waals surface area contributed by atoms with E-state index in [-0.39, 0.29) is 32.5 Å². The smallest absolute Gasteiger partial charge is 0.394 e. The summed E-state index contributed by atoms with van der Waals surface area (Å²) in [4.78, 5) is 9.16. The maximum Gasteiger partial charge on any atom is 0.472 e. The van der Waals surface area contributed by atoms with E-state index in [1.54, 1.807) is 13.8 Å². The van der Waals surface area contributed by atoms with Crippen molar-refractivity contribution < 1.29 is 33.1 Å². The minimum atomic E-state index is -3.96. The molecule has 0 saturated carbocycles. The molecule has 2 N–H and O–H groups in total. The second-order valence-electron chi connectivity index (χ2n) is 3.40. The molecule has 0 heterocycles. The van der Waals surface area contributed by atoms with Gasteiger partial charge in [0.2, 0.25) is 0 Å². The number of aliphatic hydroxyl groups is 1. The third-order valence-corrected chi connectivity index (χ3v) is 2.63. The van der Waals surface area contributed by atoms with Crippen LogP contribution in [0.15, 0.2) is 0 Å². The zero-order valence-electron chi connectivity index (χ0n) is 10.2. The second kappa shape index (κ2) is 9.96. The summed E-state index contributed by atoms with van der Waals surface area (Å²) in [7, 11) is -3.96. The molecule has 0 aromatic heterocycles. The van der Waals surface area contributed by atoms with Gasteiger partial charge in [-0.3, -0.25) is 9.05 Å². The molecule has 0 radical (unpaired) electrons. The molecular weight excluding hydrogens is 251 g/mol. The maximum absolute atomic E-state index is 11.2. The first-order valence-corrected chi connectivity index (χ1v) is 6.89. The number of aliphatic hydroxyl groups excluding tert-OH is 1. The third kappa shape index (κ3) is 12.2. The molecule has 0 aliphatic rings. The van der Waals surface area contributed by atoms with Crippen LogP contribution in [0.4, 0.5) is 0 Å². The third-order valence-electron chi connectivity index (χ3n) is 1.43. The molecule has 0 saturated heterocycles. The lowest BCUT2D eigenvalue weighted by Gasteiger charge is -2.14. The van der Waals surface area contributed by atoms with Crippen molar-refractivity contribution in [3.05, 3.63) is 0 Å². The molecule has 0 aromatic rings. The average Bonchev–Trinajstić information content (AvgIpc) is 2.20. The lowest BCUT2D eigenvalue weighted by molar-refractivity contribution is 0.0188. The van der Waals surface area contributed by atoms with E-state index < -0.39 is 7.82 Å². The number of hydrogen-bond acceptors (Lipinski definition) is 6. The van der Waals surface area contributed by atoms with Crippen LogP contribution in [-0.4, -0.2) is 55.7 Å². The first kappa shape index (κ1) is 17.0. The SMILES string of the molecule is CC(C)OP(=O)(O)OCCOCCOCCO. The minimum Gasteiger partial charge on any atom is -0.394 e. The molecule has 0 rings (SSSR count). The summed E-state index contributed by atoms with van der Waals surface area (Å²) in [5, 5.41) is 8.41. The molecule has 7 nitrogen and oxygen atoms in total. The summed E-state index contributed by atoms with van der Waals surface area (Å²) in [5.74, 6) is 0. The van der Waals surface area contributed by atoms with E-state index in [4.69, 9.17) is 19.5 Å². The Hall–Kier alpha value is -0.0100. The normalized spacial score (nSPS) is 15.1. The van der Waals surface area contributed by atoms with Gasteiger partial charge < -0.3 is 19.5 Å². The molecule has 0 aromatic carbocycles. The fourth-order valence-electron chi connectivity index (χ4n) is 0.895. The number of hydrogen-bond donors (Lipinski definition) is 2. The highest BCUT2D eigenvalue weighted by Gasteiger charge is 2.22. The van der Waals surface area contributed by atoms with Crippen molar-refractivity contribution in [1.29, 1.82) is 0 Å². The number of phosphoric acid groups is 1. The van der Waals surface area contributed by atoms with Gasteiger partial charge in [0.1, 0.15) is 0 Å². The molecule has 0 bridgehead atoms. The van der Waals surface area contributed by atoms with Gasteiger partial charge in [-0.1, -0.05) is 0 Å². The van der Waals surface area contributed by atoms with Crippen LogP contribution in [0, 0.1) is 0 Å². The standard InChI is InChI=1S/C9H21O7P/c1-9(2)16-17(11,12)15-8-7-14-6-5-13-4-3-10/h9-10H,3-8H2,1-2H3,(H,11,12). The van der Waals surface area contributed by atoms with Gasteiger partial charge >= 0.3 is 7.82 Å². The zero-order valence-corrected chi connectivity index (χ0v) is 11.1. The Morgan fingerprint density at radius 2 is 1.59 bits per heavy atom. The van der Waals surface area contributed by atoms with Crippen LogP contribution < -0.4 is 0 Å². The Balaban J connectivity index is 3.35. The average molecular weight is 272 g/mol. The monoisotopic (exact) mass is 272 g/mol. The van der Waals surface area contributed by atoms with Gasteiger partial charge in [-0.2, -0.15) is 0 Å². The largest absolute Gasteiger partial charge is 0.472 e. The van der Waals surface area contributed by atoms with Crippen LogP contribution >= 0.6 is 7.82 Å². The molecule has 1 unspecified atom stereocenters. The molecule has 0 aliphatic heterocycles. The summed E-state index contributed by atoms with van der Waals surface area (Å²) < 4.78 is 30.5. The maximum atomic E-state index is 11.2. The van der Waals surface area contributed by atoms with Crippen molar-refractivity contribution in [2.75, 3.05) is 39.6 Å². The predicted octanol–water partition coefficient (Wildman–Crippen LogP) is 0.554. The molecule has 8 heteroatoms. The van der Waals surface area contributed by atoms with Crippen molar-refractivity contribution in [3.8, 4) is 0 Å². The van der Waals surface area contributed by atoms with E-state index in [2.05, 4.69) is 9.05 Å². The number of phosphoric ester groups is 1. The fourth-order valence-corrected chi connectivity index (χ4v) is 1.79. The van der Waals surface area contributed by atoms with Gasteiger partial charge in [0, 0.05) is 0 Å². The van der Waals surface area contributed by atoms with Crippen LogP contribution in [0.25, 0.3) is 0 Å². The molecule has 0 amide bonds. The minimum absolute atomic E-state index is 0.0245. The zero-order chi connectivity index (χ0) is 13.1. The van der Waals surface area contributed by atoms with Crippen molar-refractivity contribution in [3.63, 3.8) is 0 Å². The Morgan fingerprint density at radius 1 is 1.06 bits per heavy atom. The van der Waals surface area contributed by atoms with Crippen LogP contribution in [-0.2, 0) is 23.1 Å². The van der Waals surface area contributed by atoms with Gasteiger partial charge in [0.15, 0.2) is 0 Å². The fraction of sp³-hybridized carbons (Fsp3) is 1.00. The molecule has 1 atom stereocenters. The summed E-state index contributed by atoms with van der Waals surface area (Å²) >= 11 is 0. The Bertz CT molecular complexity index is 221. The summed E-state index contributed by atoms with van der Waals surface area (Å²) in [5.41, 5.74) is 0. The first-order chi connectivity index (χ1) is 7.98. The van der Waals surface area contributed by atoms with Gasteiger partial charge in [0.05, 0.1) is 45.7 Å². The Kier molecular flexibility index (Phi) is 9.96. The Morgan fingerprint density at radius 3 is 2.12 bits per heavy atom. The Labute approximate surface area is 101 Å². The highest BCUT2D eigenvalue weighted by atomic mass is 31.2. The van der Waals surface area contributed by atoms with Crippen molar-refractivity contribution >= 4 is 7.82 Å². The summed E-state index contributed by atoms with van der Waals surface area (Å²) in [6.45, 7) is 4.37. The van der Waals surface area contributed by atoms with Gasteiger partial charge in [-0.15, -0.1) is 0 Å². The first-order valence-electron chi connectivity index (χ1n) is 5.40. The lowest BCUT2D eigenvalue weighted by atomic mass is 10.5. The van der Waals surface area contributed by atoms with Gasteiger partial charge in [0.25, 0.3) is 0 Å².